The second kappa shape index (κ2) is 7.88. The van der Waals surface area contributed by atoms with Crippen molar-refractivity contribution in [2.24, 2.45) is 5.73 Å². The van der Waals surface area contributed by atoms with Gasteiger partial charge in [-0.15, -0.1) is 0 Å². The molecule has 0 aliphatic carbocycles. The fourth-order valence-electron chi connectivity index (χ4n) is 2.49. The summed E-state index contributed by atoms with van der Waals surface area (Å²) >= 11 is 6.05. The quantitative estimate of drug-likeness (QED) is 0.669. The number of hydrogen-bond donors (Lipinski definition) is 2. The van der Waals surface area contributed by atoms with E-state index in [-0.39, 0.29) is 16.4 Å². The molecule has 136 valence electrons. The number of hydrogen-bond acceptors (Lipinski definition) is 3. The second-order valence-electron chi connectivity index (χ2n) is 5.64. The zero-order chi connectivity index (χ0) is 19.4. The van der Waals surface area contributed by atoms with Crippen LogP contribution in [0.2, 0.25) is 5.02 Å². The summed E-state index contributed by atoms with van der Waals surface area (Å²) in [5.74, 6) is -0.946. The molecule has 0 spiro atoms. The molecule has 0 aromatic heterocycles. The Balaban J connectivity index is 1.84. The number of halogens is 2. The lowest BCUT2D eigenvalue weighted by Crippen LogP contribution is -2.41. The second-order valence-corrected chi connectivity index (χ2v) is 6.04. The highest BCUT2D eigenvalue weighted by molar-refractivity contribution is 6.35. The number of amides is 3. The molecule has 3 N–H and O–H groups in total. The van der Waals surface area contributed by atoms with Crippen molar-refractivity contribution in [3.63, 3.8) is 0 Å². The maximum atomic E-state index is 13.0. The van der Waals surface area contributed by atoms with Crippen molar-refractivity contribution in [2.45, 2.75) is 0 Å². The minimum absolute atomic E-state index is 0.173. The molecule has 0 fully saturated rings. The van der Waals surface area contributed by atoms with E-state index < -0.39 is 11.9 Å². The minimum atomic E-state index is -0.917. The van der Waals surface area contributed by atoms with E-state index in [9.17, 15) is 14.0 Å². The van der Waals surface area contributed by atoms with Crippen LogP contribution in [-0.4, -0.2) is 11.9 Å². The van der Waals surface area contributed by atoms with Crippen molar-refractivity contribution in [1.29, 1.82) is 0 Å². The smallest absolute Gasteiger partial charge is 0.326 e. The van der Waals surface area contributed by atoms with Gasteiger partial charge in [-0.25, -0.2) is 14.1 Å². The van der Waals surface area contributed by atoms with Gasteiger partial charge < -0.3 is 11.1 Å². The summed E-state index contributed by atoms with van der Waals surface area (Å²) < 4.78 is 13.0. The number of imide groups is 1. The monoisotopic (exact) mass is 383 g/mol. The number of nitrogens with zero attached hydrogens (tertiary/aromatic N) is 1. The molecule has 7 heteroatoms. The van der Waals surface area contributed by atoms with Gasteiger partial charge in [0.25, 0.3) is 5.91 Å². The zero-order valence-electron chi connectivity index (χ0n) is 14.0. The molecule has 0 unspecified atom stereocenters. The first kappa shape index (κ1) is 18.4. The van der Waals surface area contributed by atoms with E-state index in [2.05, 4.69) is 5.32 Å². The normalized spacial score (nSPS) is 10.3. The highest BCUT2D eigenvalue weighted by atomic mass is 35.5. The third-order valence-corrected chi connectivity index (χ3v) is 4.12. The average Bonchev–Trinajstić information content (AvgIpc) is 2.65. The van der Waals surface area contributed by atoms with Crippen molar-refractivity contribution < 1.29 is 14.0 Å². The van der Waals surface area contributed by atoms with Crippen molar-refractivity contribution in [3.8, 4) is 0 Å². The molecule has 5 nitrogen and oxygen atoms in total. The van der Waals surface area contributed by atoms with Gasteiger partial charge in [-0.3, -0.25) is 4.79 Å². The van der Waals surface area contributed by atoms with Crippen LogP contribution in [0.1, 0.15) is 10.4 Å². The Labute approximate surface area is 160 Å². The molecule has 0 heterocycles. The van der Waals surface area contributed by atoms with E-state index in [1.54, 1.807) is 54.6 Å². The van der Waals surface area contributed by atoms with Gasteiger partial charge in [-0.1, -0.05) is 23.7 Å². The molecule has 3 aromatic rings. The minimum Gasteiger partial charge on any atom is -0.356 e. The number of carbonyl (C=O) groups excluding carboxylic acids is 2. The maximum absolute atomic E-state index is 13.0. The predicted molar refractivity (Wildman–Crippen MR) is 104 cm³/mol. The topological polar surface area (TPSA) is 75.4 Å². The molecule has 3 aromatic carbocycles. The summed E-state index contributed by atoms with van der Waals surface area (Å²) in [6.07, 6.45) is 0. The maximum Gasteiger partial charge on any atom is 0.326 e. The molecule has 0 atom stereocenters. The third kappa shape index (κ3) is 4.24. The molecular weight excluding hydrogens is 369 g/mol. The fraction of sp³-hybridized carbons (Fsp3) is 0. The van der Waals surface area contributed by atoms with E-state index in [4.69, 9.17) is 17.3 Å². The van der Waals surface area contributed by atoms with E-state index in [0.29, 0.717) is 17.1 Å². The van der Waals surface area contributed by atoms with Crippen LogP contribution in [0.5, 0.6) is 0 Å². The Kier molecular flexibility index (Phi) is 5.38. The van der Waals surface area contributed by atoms with Gasteiger partial charge in [0.1, 0.15) is 5.82 Å². The van der Waals surface area contributed by atoms with E-state index in [0.717, 1.165) is 4.90 Å². The Bertz CT molecular complexity index is 975. The number of rotatable bonds is 4. The number of benzene rings is 3. The Morgan fingerprint density at radius 2 is 1.44 bits per heavy atom. The summed E-state index contributed by atoms with van der Waals surface area (Å²) in [5, 5.41) is 3.31. The Morgan fingerprint density at radius 3 is 2.00 bits per heavy atom. The van der Waals surface area contributed by atoms with Gasteiger partial charge in [0, 0.05) is 11.4 Å². The van der Waals surface area contributed by atoms with E-state index >= 15 is 0 Å². The zero-order valence-corrected chi connectivity index (χ0v) is 14.8. The first-order chi connectivity index (χ1) is 13.0. The van der Waals surface area contributed by atoms with Crippen LogP contribution in [0.4, 0.5) is 26.2 Å². The number of carbonyl (C=O) groups is 2. The summed E-state index contributed by atoms with van der Waals surface area (Å²) in [6.45, 7) is 0. The SMILES string of the molecule is NC(=O)N(C(=O)c1ccccc1Cl)c1ccc(Nc2ccc(F)cc2)cc1. The van der Waals surface area contributed by atoms with Crippen molar-refractivity contribution in [2.75, 3.05) is 10.2 Å². The van der Waals surface area contributed by atoms with Crippen LogP contribution in [-0.2, 0) is 0 Å². The Hall–Kier alpha value is -3.38. The van der Waals surface area contributed by atoms with E-state index in [1.165, 1.54) is 18.2 Å². The standard InChI is InChI=1S/C20H15ClFN3O2/c21-18-4-2-1-3-17(18)19(26)25(20(23)27)16-11-9-15(10-12-16)24-14-7-5-13(22)6-8-14/h1-12,24H,(H2,23,27). The lowest BCUT2D eigenvalue weighted by molar-refractivity contribution is 0.0995. The molecule has 0 saturated heterocycles. The summed E-state index contributed by atoms with van der Waals surface area (Å²) in [4.78, 5) is 25.4. The fourth-order valence-corrected chi connectivity index (χ4v) is 2.71. The van der Waals surface area contributed by atoms with Crippen molar-refractivity contribution >= 4 is 40.6 Å². The van der Waals surface area contributed by atoms with Crippen LogP contribution in [0, 0.1) is 5.82 Å². The average molecular weight is 384 g/mol. The molecule has 0 bridgehead atoms. The van der Waals surface area contributed by atoms with Crippen molar-refractivity contribution in [3.05, 3.63) is 89.2 Å². The number of primary amides is 1. The van der Waals surface area contributed by atoms with Crippen LogP contribution >= 0.6 is 11.6 Å². The van der Waals surface area contributed by atoms with Gasteiger partial charge in [0.05, 0.1) is 16.3 Å². The molecule has 3 rings (SSSR count). The van der Waals surface area contributed by atoms with Crippen molar-refractivity contribution in [1.82, 2.24) is 0 Å². The molecule has 0 saturated carbocycles. The molecule has 0 radical (unpaired) electrons. The van der Waals surface area contributed by atoms with Gasteiger partial charge in [0.15, 0.2) is 0 Å². The first-order valence-corrected chi connectivity index (χ1v) is 8.34. The van der Waals surface area contributed by atoms with Crippen LogP contribution < -0.4 is 16.0 Å². The third-order valence-electron chi connectivity index (χ3n) is 3.79. The number of nitrogens with one attached hydrogen (secondary N) is 1. The first-order valence-electron chi connectivity index (χ1n) is 7.97. The largest absolute Gasteiger partial charge is 0.356 e. The van der Waals surface area contributed by atoms with Gasteiger partial charge in [-0.2, -0.15) is 0 Å². The highest BCUT2D eigenvalue weighted by Crippen LogP contribution is 2.24. The van der Waals surface area contributed by atoms with Gasteiger partial charge in [0.2, 0.25) is 0 Å². The van der Waals surface area contributed by atoms with Crippen LogP contribution in [0.3, 0.4) is 0 Å². The number of anilines is 3. The molecule has 27 heavy (non-hydrogen) atoms. The molecule has 3 amide bonds. The van der Waals surface area contributed by atoms with Crippen LogP contribution in [0.25, 0.3) is 0 Å². The lowest BCUT2D eigenvalue weighted by atomic mass is 10.1. The highest BCUT2D eigenvalue weighted by Gasteiger charge is 2.24. The summed E-state index contributed by atoms with van der Waals surface area (Å²) in [5.41, 5.74) is 7.27. The molecule has 0 aliphatic rings. The number of nitrogens with two attached hydrogens (primary N) is 1. The van der Waals surface area contributed by atoms with E-state index in [1.807, 2.05) is 0 Å². The molecular formula is C20H15ClFN3O2. The molecule has 0 aliphatic heterocycles. The predicted octanol–water partition coefficient (Wildman–Crippen LogP) is 4.95. The lowest BCUT2D eigenvalue weighted by Gasteiger charge is -2.19. The Morgan fingerprint density at radius 1 is 0.889 bits per heavy atom. The van der Waals surface area contributed by atoms with Crippen LogP contribution in [0.15, 0.2) is 72.8 Å². The number of urea groups is 1. The van der Waals surface area contributed by atoms with Gasteiger partial charge >= 0.3 is 6.03 Å². The van der Waals surface area contributed by atoms with Gasteiger partial charge in [-0.05, 0) is 60.7 Å². The summed E-state index contributed by atoms with van der Waals surface area (Å²) in [6, 6.07) is 17.9. The summed E-state index contributed by atoms with van der Waals surface area (Å²) in [7, 11) is 0.